The second-order valence-electron chi connectivity index (χ2n) is 3.18. The van der Waals surface area contributed by atoms with Crippen LogP contribution >= 0.6 is 0 Å². The van der Waals surface area contributed by atoms with Gasteiger partial charge in [-0.1, -0.05) is 13.0 Å². The van der Waals surface area contributed by atoms with Crippen LogP contribution in [0.3, 0.4) is 0 Å². The van der Waals surface area contributed by atoms with Gasteiger partial charge in [0.1, 0.15) is 0 Å². The number of hydrogen-bond acceptors (Lipinski definition) is 4. The Kier molecular flexibility index (Phi) is 3.88. The van der Waals surface area contributed by atoms with Crippen molar-refractivity contribution in [3.63, 3.8) is 0 Å². The number of ether oxygens (including phenoxy) is 1. The molecule has 0 aliphatic carbocycles. The molecule has 0 unspecified atom stereocenters. The molecule has 0 atom stereocenters. The lowest BCUT2D eigenvalue weighted by atomic mass is 10.1. The predicted octanol–water partition coefficient (Wildman–Crippen LogP) is 2.43. The molecule has 0 aliphatic rings. The van der Waals surface area contributed by atoms with E-state index in [2.05, 4.69) is 0 Å². The highest BCUT2D eigenvalue weighted by atomic mass is 16.6. The van der Waals surface area contributed by atoms with E-state index in [1.54, 1.807) is 19.1 Å². The monoisotopic (exact) mass is 223 g/mol. The van der Waals surface area contributed by atoms with Crippen LogP contribution in [-0.2, 0) is 0 Å². The predicted molar refractivity (Wildman–Crippen MR) is 59.9 cm³/mol. The lowest BCUT2D eigenvalue weighted by molar-refractivity contribution is -0.425. The summed E-state index contributed by atoms with van der Waals surface area (Å²) in [6, 6.07) is 4.64. The smallest absolute Gasteiger partial charge is 0.246 e. The molecule has 1 aromatic rings. The summed E-state index contributed by atoms with van der Waals surface area (Å²) < 4.78 is 4.87. The van der Waals surface area contributed by atoms with Crippen molar-refractivity contribution in [2.45, 2.75) is 13.3 Å². The Morgan fingerprint density at radius 1 is 1.62 bits per heavy atom. The summed E-state index contributed by atoms with van der Waals surface area (Å²) in [5, 5.41) is 20.1. The third-order valence-corrected chi connectivity index (χ3v) is 2.13. The van der Waals surface area contributed by atoms with Crippen LogP contribution in [0, 0.1) is 10.1 Å². The standard InChI is InChI=1S/C11H13NO4/c1-3-9(12(14)15)6-8-4-5-11(16-2)10(13)7-8/h4-7,13H,3H2,1-2H3. The van der Waals surface area contributed by atoms with Crippen LogP contribution < -0.4 is 4.74 Å². The molecule has 86 valence electrons. The summed E-state index contributed by atoms with van der Waals surface area (Å²) in [5.74, 6) is 0.311. The van der Waals surface area contributed by atoms with Crippen molar-refractivity contribution in [2.24, 2.45) is 0 Å². The third kappa shape index (κ3) is 2.73. The minimum absolute atomic E-state index is 0.0324. The second kappa shape index (κ2) is 5.16. The number of nitro groups is 1. The highest BCUT2D eigenvalue weighted by molar-refractivity contribution is 5.56. The fourth-order valence-electron chi connectivity index (χ4n) is 1.27. The Labute approximate surface area is 93.1 Å². The zero-order valence-electron chi connectivity index (χ0n) is 9.14. The molecule has 0 aliphatic heterocycles. The van der Waals surface area contributed by atoms with Gasteiger partial charge in [0.25, 0.3) is 0 Å². The molecule has 0 bridgehead atoms. The van der Waals surface area contributed by atoms with Crippen LogP contribution in [0.2, 0.25) is 0 Å². The average molecular weight is 223 g/mol. The van der Waals surface area contributed by atoms with Gasteiger partial charge in [-0.05, 0) is 17.7 Å². The van der Waals surface area contributed by atoms with Crippen LogP contribution in [0.25, 0.3) is 6.08 Å². The van der Waals surface area contributed by atoms with Gasteiger partial charge in [-0.15, -0.1) is 0 Å². The van der Waals surface area contributed by atoms with Gasteiger partial charge in [0.2, 0.25) is 5.70 Å². The fourth-order valence-corrected chi connectivity index (χ4v) is 1.27. The van der Waals surface area contributed by atoms with Gasteiger partial charge in [-0.2, -0.15) is 0 Å². The zero-order valence-corrected chi connectivity index (χ0v) is 9.14. The summed E-state index contributed by atoms with van der Waals surface area (Å²) in [6.45, 7) is 1.71. The topological polar surface area (TPSA) is 72.6 Å². The molecule has 5 nitrogen and oxygen atoms in total. The minimum atomic E-state index is -0.429. The van der Waals surface area contributed by atoms with Crippen LogP contribution in [0.15, 0.2) is 23.9 Å². The Bertz CT molecular complexity index is 426. The molecular weight excluding hydrogens is 210 g/mol. The molecule has 1 N–H and O–H groups in total. The first-order chi connectivity index (χ1) is 7.58. The maximum Gasteiger partial charge on any atom is 0.246 e. The Balaban J connectivity index is 3.06. The van der Waals surface area contributed by atoms with E-state index in [1.165, 1.54) is 19.3 Å². The van der Waals surface area contributed by atoms with E-state index in [0.29, 0.717) is 17.7 Å². The van der Waals surface area contributed by atoms with Gasteiger partial charge < -0.3 is 9.84 Å². The van der Waals surface area contributed by atoms with Crippen molar-refractivity contribution in [3.8, 4) is 11.5 Å². The third-order valence-electron chi connectivity index (χ3n) is 2.13. The van der Waals surface area contributed by atoms with Crippen LogP contribution in [0.4, 0.5) is 0 Å². The van der Waals surface area contributed by atoms with Gasteiger partial charge in [0.05, 0.1) is 12.0 Å². The number of phenolic OH excluding ortho intramolecular Hbond substituents is 1. The number of methoxy groups -OCH3 is 1. The van der Waals surface area contributed by atoms with Crippen molar-refractivity contribution in [1.29, 1.82) is 0 Å². The molecule has 0 heterocycles. The molecular formula is C11H13NO4. The largest absolute Gasteiger partial charge is 0.504 e. The maximum atomic E-state index is 10.6. The first-order valence-corrected chi connectivity index (χ1v) is 4.80. The molecule has 1 aromatic carbocycles. The Morgan fingerprint density at radius 2 is 2.31 bits per heavy atom. The van der Waals surface area contributed by atoms with Crippen molar-refractivity contribution in [2.75, 3.05) is 7.11 Å². The number of phenols is 1. The van der Waals surface area contributed by atoms with E-state index in [0.717, 1.165) is 0 Å². The normalized spacial score (nSPS) is 11.2. The highest BCUT2D eigenvalue weighted by Crippen LogP contribution is 2.27. The van der Waals surface area contributed by atoms with Crippen LogP contribution in [-0.4, -0.2) is 17.1 Å². The van der Waals surface area contributed by atoms with Gasteiger partial charge >= 0.3 is 0 Å². The number of rotatable bonds is 4. The number of allylic oxidation sites excluding steroid dienone is 1. The minimum Gasteiger partial charge on any atom is -0.504 e. The summed E-state index contributed by atoms with van der Waals surface area (Å²) in [4.78, 5) is 10.2. The Morgan fingerprint density at radius 3 is 2.75 bits per heavy atom. The first-order valence-electron chi connectivity index (χ1n) is 4.80. The van der Waals surface area contributed by atoms with Gasteiger partial charge in [0.15, 0.2) is 11.5 Å². The van der Waals surface area contributed by atoms with Gasteiger partial charge in [-0.3, -0.25) is 10.1 Å². The number of benzene rings is 1. The van der Waals surface area contributed by atoms with Crippen LogP contribution in [0.1, 0.15) is 18.9 Å². The van der Waals surface area contributed by atoms with E-state index < -0.39 is 4.92 Å². The molecule has 5 heteroatoms. The number of nitrogens with zero attached hydrogens (tertiary/aromatic N) is 1. The molecule has 16 heavy (non-hydrogen) atoms. The van der Waals surface area contributed by atoms with Crippen molar-refractivity contribution >= 4 is 6.08 Å². The lowest BCUT2D eigenvalue weighted by Crippen LogP contribution is -1.96. The summed E-state index contributed by atoms with van der Waals surface area (Å²) >= 11 is 0. The van der Waals surface area contributed by atoms with Crippen LogP contribution in [0.5, 0.6) is 11.5 Å². The van der Waals surface area contributed by atoms with Gasteiger partial charge in [-0.25, -0.2) is 0 Å². The number of hydrogen-bond donors (Lipinski definition) is 1. The van der Waals surface area contributed by atoms with Gasteiger partial charge in [0, 0.05) is 12.5 Å². The summed E-state index contributed by atoms with van der Waals surface area (Å²) in [6.07, 6.45) is 1.76. The molecule has 0 radical (unpaired) electrons. The first kappa shape index (κ1) is 12.0. The molecule has 0 amide bonds. The lowest BCUT2D eigenvalue weighted by Gasteiger charge is -2.03. The molecule has 1 rings (SSSR count). The summed E-state index contributed by atoms with van der Waals surface area (Å²) in [7, 11) is 1.44. The molecule has 0 saturated heterocycles. The average Bonchev–Trinajstić information content (AvgIpc) is 2.25. The van der Waals surface area contributed by atoms with E-state index in [1.807, 2.05) is 0 Å². The van der Waals surface area contributed by atoms with Crippen molar-refractivity contribution in [3.05, 3.63) is 39.6 Å². The molecule has 0 spiro atoms. The van der Waals surface area contributed by atoms with Crippen molar-refractivity contribution < 1.29 is 14.8 Å². The van der Waals surface area contributed by atoms with E-state index in [9.17, 15) is 15.2 Å². The SMILES string of the molecule is CCC(=Cc1ccc(OC)c(O)c1)[N+](=O)[O-]. The van der Waals surface area contributed by atoms with E-state index in [4.69, 9.17) is 4.74 Å². The Hall–Kier alpha value is -2.04. The quantitative estimate of drug-likeness (QED) is 0.628. The molecule has 0 fully saturated rings. The molecule has 0 saturated carbocycles. The zero-order chi connectivity index (χ0) is 12.1. The maximum absolute atomic E-state index is 10.6. The fraction of sp³-hybridized carbons (Fsp3) is 0.273. The van der Waals surface area contributed by atoms with Crippen molar-refractivity contribution in [1.82, 2.24) is 0 Å². The molecule has 0 aromatic heterocycles. The summed E-state index contributed by atoms with van der Waals surface area (Å²) in [5.41, 5.74) is 0.677. The highest BCUT2D eigenvalue weighted by Gasteiger charge is 2.08. The van der Waals surface area contributed by atoms with E-state index >= 15 is 0 Å². The second-order valence-corrected chi connectivity index (χ2v) is 3.18. The van der Waals surface area contributed by atoms with E-state index in [-0.39, 0.29) is 11.4 Å². The number of aromatic hydroxyl groups is 1.